The summed E-state index contributed by atoms with van der Waals surface area (Å²) in [5.74, 6) is 0. The molecule has 0 bridgehead atoms. The Kier molecular flexibility index (Phi) is 14.6. The smallest absolute Gasteiger partial charge is 0.135 e. The molecule has 610 valence electrons. The second-order valence-electron chi connectivity index (χ2n) is 35.9. The van der Waals surface area contributed by atoms with Crippen LogP contribution in [0.3, 0.4) is 0 Å². The number of hydrogen-bond acceptors (Lipinski definition) is 4. The van der Waals surface area contributed by atoms with E-state index in [0.29, 0.717) is 0 Å². The first-order valence-corrected chi connectivity index (χ1v) is 45.4. The van der Waals surface area contributed by atoms with E-state index in [2.05, 4.69) is 452 Å². The molecule has 0 fully saturated rings. The summed E-state index contributed by atoms with van der Waals surface area (Å²) in [7, 11) is 0. The summed E-state index contributed by atoms with van der Waals surface area (Å²) >= 11 is 0. The van der Waals surface area contributed by atoms with Gasteiger partial charge in [-0.1, -0.05) is 200 Å². The summed E-state index contributed by atoms with van der Waals surface area (Å²) in [6, 6.07) is 162. The zero-order chi connectivity index (χ0) is 85.8. The Hall–Kier alpha value is -17.7. The second kappa shape index (κ2) is 26.9. The van der Waals surface area contributed by atoms with Crippen molar-refractivity contribution in [1.82, 2.24) is 17.9 Å². The van der Waals surface area contributed by atoms with E-state index < -0.39 is 0 Å². The molecule has 22 aromatic carbocycles. The van der Waals surface area contributed by atoms with Gasteiger partial charge in [0.25, 0.3) is 0 Å². The second-order valence-corrected chi connectivity index (χ2v) is 35.9. The molecule has 0 unspecified atom stereocenters. The van der Waals surface area contributed by atoms with Crippen LogP contribution in [0.25, 0.3) is 252 Å². The van der Waals surface area contributed by atoms with Crippen molar-refractivity contribution in [1.29, 1.82) is 0 Å². The van der Waals surface area contributed by atoms with Crippen LogP contribution in [0.15, 0.2) is 446 Å². The third-order valence-electron chi connectivity index (χ3n) is 28.8. The Balaban J connectivity index is 0.533. The zero-order valence-electron chi connectivity index (χ0n) is 71.1. The third-order valence-corrected chi connectivity index (χ3v) is 28.8. The normalized spacial score (nSPS) is 12.4. The summed E-state index contributed by atoms with van der Waals surface area (Å²) in [6.07, 6.45) is 0. The molecule has 0 aliphatic rings. The molecule has 8 aromatic heterocycles. The van der Waals surface area contributed by atoms with Gasteiger partial charge in [0.05, 0.1) is 55.2 Å². The van der Waals surface area contributed by atoms with Crippen LogP contribution in [0.1, 0.15) is 0 Å². The van der Waals surface area contributed by atoms with Crippen molar-refractivity contribution in [2.24, 2.45) is 0 Å². The SMILES string of the molecule is c1ccc(N(c2ccccc2)c2ccc3cc4c5cc(-c6ccc7oc8ccccc8c7c6)cc6c7cc8ccc(N(c9ccccc9)c9ccc(-c%10ccc%11c(c%10)c%10ccccc%10n%11-c%10ccc%11cc%12c%13cc(-c%14ccc%15oc%16ccccc%16c%15c%14)cc%14c%15cc%16ccc(-n%17c%18ccccc%18c%18ccccc%18%17)cc%16cc%15n(c%12cc%11c%10)c%14%13)cc9)cc8cc7n(c4cc3c2)c56)cc1. The molecule has 30 rings (SSSR count). The number of nitrogens with zero attached hydrogens (tertiary/aromatic N) is 6. The minimum Gasteiger partial charge on any atom is -0.456 e. The average Bonchev–Trinajstić information content (AvgIpc) is 1.53. The maximum atomic E-state index is 6.40. The van der Waals surface area contributed by atoms with Gasteiger partial charge in [-0.2, -0.15) is 0 Å². The number of para-hydroxylation sites is 8. The van der Waals surface area contributed by atoms with Crippen LogP contribution in [0.4, 0.5) is 34.1 Å². The van der Waals surface area contributed by atoms with Gasteiger partial charge in [-0.3, -0.25) is 0 Å². The largest absolute Gasteiger partial charge is 0.456 e. The number of furan rings is 2. The van der Waals surface area contributed by atoms with E-state index in [4.69, 9.17) is 8.83 Å². The maximum absolute atomic E-state index is 6.40. The minimum absolute atomic E-state index is 0.889. The summed E-state index contributed by atoms with van der Waals surface area (Å²) < 4.78 is 22.8. The lowest BCUT2D eigenvalue weighted by molar-refractivity contribution is 0.668. The Bertz CT molecular complexity index is 10100. The van der Waals surface area contributed by atoms with Gasteiger partial charge in [-0.25, -0.2) is 0 Å². The van der Waals surface area contributed by atoms with E-state index in [9.17, 15) is 0 Å². The van der Waals surface area contributed by atoms with Crippen molar-refractivity contribution in [2.45, 2.75) is 0 Å². The monoisotopic (exact) mass is 1680 g/mol. The quantitative estimate of drug-likeness (QED) is 0.129. The van der Waals surface area contributed by atoms with Crippen molar-refractivity contribution in [3.63, 3.8) is 0 Å². The molecule has 0 atom stereocenters. The third kappa shape index (κ3) is 10.4. The van der Waals surface area contributed by atoms with Crippen LogP contribution in [0.2, 0.25) is 0 Å². The van der Waals surface area contributed by atoms with Gasteiger partial charge in [-0.15, -0.1) is 0 Å². The molecule has 0 aliphatic carbocycles. The molecule has 8 nitrogen and oxygen atoms in total. The van der Waals surface area contributed by atoms with Crippen molar-refractivity contribution in [3.05, 3.63) is 437 Å². The standard InChI is InChI=1S/C124H72N6O2/c1-4-20-87(21-5-1)125(88-22-6-2-7-23-88)91-47-38-75-59-101-107-65-85(79-43-52-121-105(63-79)98-29-13-18-34-119(98)131-121)66-108-102-60-76-39-48-92(55-82(76)70-116(102)129(123(107)108)115(101)69-81(75)54-91)126(89-24-8-3-9-25-89)90-45-36-73(37-46-90)74-42-51-114-100(58-74)97-28-12-17-33-113(97)128(114)94-50-41-78-62-104-110-68-86(80-44-53-122-106(64-80)99-30-14-19-35-120(99)132-122)67-109-103-61-77-40-49-93(127-111-31-15-10-26-95(111)96-27-11-16-32-112(96)127)56-83(77)71-117(103)130(124(109)110)118(104)72-84(78)57-94/h1-72H. The number of fused-ring (bicyclic) bond motifs is 28. The Morgan fingerprint density at radius 2 is 0.439 bits per heavy atom. The van der Waals surface area contributed by atoms with Gasteiger partial charge in [0.2, 0.25) is 0 Å². The highest BCUT2D eigenvalue weighted by Gasteiger charge is 2.28. The average molecular weight is 1680 g/mol. The summed E-state index contributed by atoms with van der Waals surface area (Å²) in [6.45, 7) is 0. The van der Waals surface area contributed by atoms with Crippen molar-refractivity contribution in [3.8, 4) is 44.8 Å². The van der Waals surface area contributed by atoms with Gasteiger partial charge in [0, 0.05) is 132 Å². The molecule has 0 aliphatic heterocycles. The van der Waals surface area contributed by atoms with Crippen LogP contribution in [0, 0.1) is 0 Å². The molecule has 0 saturated heterocycles. The Morgan fingerprint density at radius 3 is 0.856 bits per heavy atom. The number of anilines is 6. The summed E-state index contributed by atoms with van der Waals surface area (Å²) in [4.78, 5) is 4.76. The van der Waals surface area contributed by atoms with Gasteiger partial charge < -0.3 is 36.6 Å². The lowest BCUT2D eigenvalue weighted by Gasteiger charge is -2.26. The molecule has 0 N–H and O–H groups in total. The zero-order valence-corrected chi connectivity index (χ0v) is 71.1. The van der Waals surface area contributed by atoms with Crippen molar-refractivity contribution in [2.75, 3.05) is 9.80 Å². The topological polar surface area (TPSA) is 51.4 Å². The summed E-state index contributed by atoms with van der Waals surface area (Å²) in [5.41, 5.74) is 31.1. The van der Waals surface area contributed by atoms with Crippen LogP contribution in [-0.2, 0) is 0 Å². The molecule has 0 saturated carbocycles. The molecule has 0 amide bonds. The fourth-order valence-corrected chi connectivity index (χ4v) is 22.8. The fourth-order valence-electron chi connectivity index (χ4n) is 22.8. The van der Waals surface area contributed by atoms with Crippen molar-refractivity contribution >= 4 is 241 Å². The van der Waals surface area contributed by atoms with E-state index in [1.807, 2.05) is 12.1 Å². The number of hydrogen-bond donors (Lipinski definition) is 0. The molecular weight excluding hydrogens is 1610 g/mol. The molecule has 0 spiro atoms. The van der Waals surface area contributed by atoms with Gasteiger partial charge in [0.15, 0.2) is 0 Å². The van der Waals surface area contributed by atoms with E-state index in [0.717, 1.165) is 128 Å². The molecule has 8 heterocycles. The highest BCUT2D eigenvalue weighted by Crippen LogP contribution is 2.51. The fraction of sp³-hybridized carbons (Fsp3) is 0. The van der Waals surface area contributed by atoms with Crippen molar-refractivity contribution < 1.29 is 8.83 Å². The molecule has 0 radical (unpaired) electrons. The Labute approximate surface area is 753 Å². The van der Waals surface area contributed by atoms with Crippen LogP contribution < -0.4 is 9.80 Å². The molecule has 8 heteroatoms. The van der Waals surface area contributed by atoms with Crippen LogP contribution >= 0.6 is 0 Å². The number of aromatic nitrogens is 4. The highest BCUT2D eigenvalue weighted by molar-refractivity contribution is 6.30. The number of rotatable bonds is 11. The predicted molar refractivity (Wildman–Crippen MR) is 555 cm³/mol. The molecule has 30 aromatic rings. The maximum Gasteiger partial charge on any atom is 0.135 e. The summed E-state index contributed by atoms with van der Waals surface area (Å²) in [5, 5.41) is 28.6. The first-order valence-electron chi connectivity index (χ1n) is 45.4. The van der Waals surface area contributed by atoms with Gasteiger partial charge in [0.1, 0.15) is 22.3 Å². The highest BCUT2D eigenvalue weighted by atomic mass is 16.3. The van der Waals surface area contributed by atoms with E-state index in [-0.39, 0.29) is 0 Å². The number of benzene rings is 22. The van der Waals surface area contributed by atoms with Gasteiger partial charge >= 0.3 is 0 Å². The van der Waals surface area contributed by atoms with Crippen LogP contribution in [-0.4, -0.2) is 17.9 Å². The van der Waals surface area contributed by atoms with E-state index in [1.54, 1.807) is 0 Å². The van der Waals surface area contributed by atoms with Gasteiger partial charge in [-0.05, 0) is 313 Å². The molecule has 132 heavy (non-hydrogen) atoms. The Morgan fingerprint density at radius 1 is 0.152 bits per heavy atom. The predicted octanol–water partition coefficient (Wildman–Crippen LogP) is 34.5. The lowest BCUT2D eigenvalue weighted by atomic mass is 9.96. The lowest BCUT2D eigenvalue weighted by Crippen LogP contribution is -2.09. The molecular formula is C124H72N6O2. The van der Waals surface area contributed by atoms with E-state index in [1.165, 1.54) is 158 Å². The van der Waals surface area contributed by atoms with Crippen LogP contribution in [0.5, 0.6) is 0 Å². The first kappa shape index (κ1) is 71.4. The van der Waals surface area contributed by atoms with E-state index >= 15 is 0 Å². The minimum atomic E-state index is 0.889. The first-order chi connectivity index (χ1) is 65.4.